The van der Waals surface area contributed by atoms with Crippen LogP contribution in [-0.2, 0) is 0 Å². The van der Waals surface area contributed by atoms with E-state index in [1.165, 1.54) is 4.35 Å². The summed E-state index contributed by atoms with van der Waals surface area (Å²) in [5, 5.41) is 3.86. The molecule has 0 saturated heterocycles. The summed E-state index contributed by atoms with van der Waals surface area (Å²) >= 11 is 0.112. The van der Waals surface area contributed by atoms with E-state index in [-0.39, 0.29) is 15.3 Å². The topological polar surface area (TPSA) is 9.23 Å². The fourth-order valence-corrected chi connectivity index (χ4v) is 1.44. The molecule has 0 N–H and O–H groups in total. The molecule has 0 spiro atoms. The summed E-state index contributed by atoms with van der Waals surface area (Å²) < 4.78 is 6.33. The first-order valence-electron chi connectivity index (χ1n) is 2.97. The van der Waals surface area contributed by atoms with Crippen molar-refractivity contribution in [2.45, 2.75) is 0 Å². The molecule has 10 heavy (non-hydrogen) atoms. The van der Waals surface area contributed by atoms with Crippen LogP contribution < -0.4 is 9.09 Å². The third-order valence-corrected chi connectivity index (χ3v) is 2.65. The molecule has 0 fully saturated rings. The number of rotatable bonds is 2. The van der Waals surface area contributed by atoms with E-state index in [0.29, 0.717) is 0 Å². The van der Waals surface area contributed by atoms with E-state index in [4.69, 9.17) is 4.74 Å². The Bertz CT molecular complexity index is 215. The van der Waals surface area contributed by atoms with Crippen LogP contribution in [0.4, 0.5) is 0 Å². The summed E-state index contributed by atoms with van der Waals surface area (Å²) in [6.45, 7) is 0. The molecule has 1 aromatic carbocycles. The first-order valence-corrected chi connectivity index (χ1v) is 5.24. The zero-order valence-corrected chi connectivity index (χ0v) is 7.75. The normalized spacial score (nSPS) is 9.70. The number of hydrogen-bond acceptors (Lipinski definition) is 1. The van der Waals surface area contributed by atoms with Gasteiger partial charge < -0.3 is 0 Å². The monoisotopic (exact) mass is 196 g/mol. The fourth-order valence-electron chi connectivity index (χ4n) is 0.688. The summed E-state index contributed by atoms with van der Waals surface area (Å²) in [6, 6.07) is 8.06. The summed E-state index contributed by atoms with van der Waals surface area (Å²) in [4.78, 5) is 0. The molecule has 0 unspecified atom stereocenters. The van der Waals surface area contributed by atoms with Crippen LogP contribution in [0, 0.1) is 0 Å². The van der Waals surface area contributed by atoms with Gasteiger partial charge in [0.2, 0.25) is 0 Å². The van der Waals surface area contributed by atoms with E-state index in [9.17, 15) is 0 Å². The maximum atomic E-state index is 5.00. The van der Waals surface area contributed by atoms with Crippen LogP contribution in [0.25, 0.3) is 0 Å². The van der Waals surface area contributed by atoms with E-state index in [2.05, 4.69) is 17.4 Å². The molecule has 0 aliphatic heterocycles. The molecule has 2 heteroatoms. The molecule has 0 bridgehead atoms. The van der Waals surface area contributed by atoms with Crippen LogP contribution >= 0.6 is 0 Å². The van der Waals surface area contributed by atoms with Crippen molar-refractivity contribution in [3.8, 4) is 5.75 Å². The van der Waals surface area contributed by atoms with Gasteiger partial charge in [-0.1, -0.05) is 0 Å². The quantitative estimate of drug-likeness (QED) is 0.624. The Hall–Kier alpha value is -0.552. The van der Waals surface area contributed by atoms with Crippen molar-refractivity contribution < 1.29 is 4.74 Å². The molecule has 0 heterocycles. The Kier molecular flexibility index (Phi) is 2.70. The van der Waals surface area contributed by atoms with Gasteiger partial charge in [0.25, 0.3) is 0 Å². The zero-order chi connectivity index (χ0) is 7.40. The Morgan fingerprint density at radius 3 is 2.30 bits per heavy atom. The predicted octanol–water partition coefficient (Wildman–Crippen LogP) is 0.457. The SMILES string of the molecule is C=[As]c1ccc(OC)cc1. The molecular formula is C8H9AsO. The number of benzene rings is 1. The zero-order valence-electron chi connectivity index (χ0n) is 5.87. The van der Waals surface area contributed by atoms with Crippen LogP contribution in [-0.4, -0.2) is 27.7 Å². The van der Waals surface area contributed by atoms with Gasteiger partial charge in [0.1, 0.15) is 0 Å². The minimum absolute atomic E-state index is 0.112. The average molecular weight is 196 g/mol. The standard InChI is InChI=1S/C8H9AsO/c1-9-7-3-5-8(10-2)6-4-7/h3-6H,1H2,2H3. The van der Waals surface area contributed by atoms with E-state index >= 15 is 0 Å². The van der Waals surface area contributed by atoms with Crippen molar-refractivity contribution in [3.63, 3.8) is 0 Å². The maximum absolute atomic E-state index is 5.00. The number of methoxy groups -OCH3 is 1. The van der Waals surface area contributed by atoms with Gasteiger partial charge in [0.05, 0.1) is 0 Å². The van der Waals surface area contributed by atoms with E-state index in [1.54, 1.807) is 7.11 Å². The van der Waals surface area contributed by atoms with Crippen molar-refractivity contribution >= 4 is 25.0 Å². The second kappa shape index (κ2) is 3.58. The fraction of sp³-hybridized carbons (Fsp3) is 0.125. The molecule has 0 atom stereocenters. The number of ether oxygens (including phenoxy) is 1. The summed E-state index contributed by atoms with van der Waals surface area (Å²) in [5.41, 5.74) is 0. The van der Waals surface area contributed by atoms with Gasteiger partial charge in [-0.25, -0.2) is 0 Å². The molecule has 0 amide bonds. The van der Waals surface area contributed by atoms with Gasteiger partial charge >= 0.3 is 66.8 Å². The van der Waals surface area contributed by atoms with Gasteiger partial charge in [-0.2, -0.15) is 0 Å². The molecule has 0 aliphatic rings. The van der Waals surface area contributed by atoms with Gasteiger partial charge in [0.15, 0.2) is 0 Å². The van der Waals surface area contributed by atoms with Gasteiger partial charge in [-0.15, -0.1) is 0 Å². The Labute approximate surface area is 67.2 Å². The Morgan fingerprint density at radius 2 is 1.90 bits per heavy atom. The van der Waals surface area contributed by atoms with Crippen LogP contribution in [0.5, 0.6) is 5.75 Å². The van der Waals surface area contributed by atoms with Crippen molar-refractivity contribution in [3.05, 3.63) is 24.3 Å². The third-order valence-electron chi connectivity index (χ3n) is 1.25. The molecule has 1 rings (SSSR count). The molecule has 0 radical (unpaired) electrons. The Balaban J connectivity index is 2.90. The Morgan fingerprint density at radius 1 is 1.30 bits per heavy atom. The minimum atomic E-state index is 0.112. The van der Waals surface area contributed by atoms with Crippen LogP contribution in [0.15, 0.2) is 24.3 Å². The van der Waals surface area contributed by atoms with Crippen molar-refractivity contribution in [2.24, 2.45) is 0 Å². The van der Waals surface area contributed by atoms with Crippen molar-refractivity contribution in [1.82, 2.24) is 0 Å². The first-order chi connectivity index (χ1) is 4.86. The summed E-state index contributed by atoms with van der Waals surface area (Å²) in [6.07, 6.45) is 0. The van der Waals surface area contributed by atoms with Gasteiger partial charge in [-0.05, 0) is 0 Å². The van der Waals surface area contributed by atoms with E-state index in [0.717, 1.165) is 5.75 Å². The third kappa shape index (κ3) is 1.71. The van der Waals surface area contributed by atoms with Crippen LogP contribution in [0.3, 0.4) is 0 Å². The average Bonchev–Trinajstić information content (AvgIpc) is 2.05. The molecule has 0 aromatic heterocycles. The predicted molar refractivity (Wildman–Crippen MR) is 45.5 cm³/mol. The molecule has 1 nitrogen and oxygen atoms in total. The second-order valence-corrected chi connectivity index (χ2v) is 3.60. The van der Waals surface area contributed by atoms with Gasteiger partial charge in [0, 0.05) is 0 Å². The second-order valence-electron chi connectivity index (χ2n) is 1.86. The van der Waals surface area contributed by atoms with Crippen LogP contribution in [0.1, 0.15) is 0 Å². The van der Waals surface area contributed by atoms with Gasteiger partial charge in [-0.3, -0.25) is 0 Å². The molecule has 1 aromatic rings. The molecular weight excluding hydrogens is 187 g/mol. The van der Waals surface area contributed by atoms with E-state index < -0.39 is 0 Å². The van der Waals surface area contributed by atoms with E-state index in [1.807, 2.05) is 12.1 Å². The molecule has 52 valence electrons. The summed E-state index contributed by atoms with van der Waals surface area (Å²) in [5.74, 6) is 0.915. The van der Waals surface area contributed by atoms with Crippen molar-refractivity contribution in [1.29, 1.82) is 0 Å². The first kappa shape index (κ1) is 7.55. The van der Waals surface area contributed by atoms with Crippen molar-refractivity contribution in [2.75, 3.05) is 7.11 Å². The molecule has 0 aliphatic carbocycles. The van der Waals surface area contributed by atoms with Crippen LogP contribution in [0.2, 0.25) is 0 Å². The summed E-state index contributed by atoms with van der Waals surface area (Å²) in [7, 11) is 1.67. The number of hydrogen-bond donors (Lipinski definition) is 0. The molecule has 0 saturated carbocycles.